The van der Waals surface area contributed by atoms with E-state index in [1.807, 2.05) is 55.5 Å². The molecule has 3 amide bonds. The molecule has 2 aliphatic rings. The minimum Gasteiger partial charge on any atom is -0.308 e. The van der Waals surface area contributed by atoms with E-state index in [4.69, 9.17) is 0 Å². The zero-order valence-corrected chi connectivity index (χ0v) is 18.4. The van der Waals surface area contributed by atoms with Crippen molar-refractivity contribution in [3.05, 3.63) is 95.3 Å². The molecule has 0 bridgehead atoms. The first-order valence-corrected chi connectivity index (χ1v) is 11.4. The van der Waals surface area contributed by atoms with Crippen molar-refractivity contribution in [3.8, 4) is 0 Å². The van der Waals surface area contributed by atoms with Gasteiger partial charge in [-0.2, -0.15) is 0 Å². The second-order valence-corrected chi connectivity index (χ2v) is 9.27. The molecule has 1 N–H and O–H groups in total. The summed E-state index contributed by atoms with van der Waals surface area (Å²) in [5.74, 6) is 0.164. The number of hydrogen-bond donors (Lipinski definition) is 1. The largest absolute Gasteiger partial charge is 0.323 e. The quantitative estimate of drug-likeness (QED) is 0.607. The highest BCUT2D eigenvalue weighted by Crippen LogP contribution is 2.54. The molecule has 0 saturated carbocycles. The summed E-state index contributed by atoms with van der Waals surface area (Å²) >= 11 is 1.49. The van der Waals surface area contributed by atoms with Crippen LogP contribution >= 0.6 is 11.8 Å². The SMILES string of the molecule is Cc1ccc2c(c1)C1(SCCN1C(=O)Nc1ccc(F)cc1)C(=O)N2Cc1ccccc1. The summed E-state index contributed by atoms with van der Waals surface area (Å²) in [6, 6.07) is 21.1. The molecule has 3 aromatic rings. The summed E-state index contributed by atoms with van der Waals surface area (Å²) in [7, 11) is 0. The molecule has 1 saturated heterocycles. The molecule has 7 heteroatoms. The van der Waals surface area contributed by atoms with Crippen LogP contribution in [0, 0.1) is 12.7 Å². The van der Waals surface area contributed by atoms with Gasteiger partial charge in [0.25, 0.3) is 5.91 Å². The number of hydrogen-bond acceptors (Lipinski definition) is 3. The van der Waals surface area contributed by atoms with E-state index in [1.165, 1.54) is 36.0 Å². The van der Waals surface area contributed by atoms with Gasteiger partial charge in [-0.1, -0.05) is 48.0 Å². The van der Waals surface area contributed by atoms with Crippen molar-refractivity contribution in [3.63, 3.8) is 0 Å². The van der Waals surface area contributed by atoms with Crippen molar-refractivity contribution < 1.29 is 14.0 Å². The molecule has 0 aliphatic carbocycles. The van der Waals surface area contributed by atoms with Crippen molar-refractivity contribution in [1.82, 2.24) is 4.90 Å². The van der Waals surface area contributed by atoms with E-state index in [9.17, 15) is 14.0 Å². The molecule has 1 unspecified atom stereocenters. The van der Waals surface area contributed by atoms with Gasteiger partial charge in [0.15, 0.2) is 4.87 Å². The summed E-state index contributed by atoms with van der Waals surface area (Å²) in [6.07, 6.45) is 0. The predicted molar refractivity (Wildman–Crippen MR) is 125 cm³/mol. The van der Waals surface area contributed by atoms with Gasteiger partial charge in [-0.25, -0.2) is 9.18 Å². The number of nitrogens with zero attached hydrogens (tertiary/aromatic N) is 2. The summed E-state index contributed by atoms with van der Waals surface area (Å²) in [5, 5.41) is 2.83. The number of anilines is 2. The number of carbonyl (C=O) groups excluding carboxylic acids is 2. The Morgan fingerprint density at radius 1 is 1.09 bits per heavy atom. The summed E-state index contributed by atoms with van der Waals surface area (Å²) < 4.78 is 13.3. The third-order valence-corrected chi connectivity index (χ3v) is 7.29. The van der Waals surface area contributed by atoms with Crippen molar-refractivity contribution in [2.45, 2.75) is 18.3 Å². The van der Waals surface area contributed by atoms with Gasteiger partial charge in [0.2, 0.25) is 0 Å². The zero-order chi connectivity index (χ0) is 22.3. The first-order valence-electron chi connectivity index (χ1n) is 10.4. The van der Waals surface area contributed by atoms with Gasteiger partial charge in [-0.3, -0.25) is 9.69 Å². The number of aryl methyl sites for hydroxylation is 1. The lowest BCUT2D eigenvalue weighted by molar-refractivity contribution is -0.123. The Morgan fingerprint density at radius 2 is 1.84 bits per heavy atom. The van der Waals surface area contributed by atoms with Gasteiger partial charge in [-0.05, 0) is 42.8 Å². The predicted octanol–water partition coefficient (Wildman–Crippen LogP) is 5.11. The van der Waals surface area contributed by atoms with Crippen LogP contribution < -0.4 is 10.2 Å². The standard InChI is InChI=1S/C25H22FN3O2S/c1-17-7-12-22-21(15-17)25(23(30)28(22)16-18-5-3-2-4-6-18)29(13-14-32-25)24(31)27-20-10-8-19(26)9-11-20/h2-12,15H,13-14,16H2,1H3,(H,27,31). The number of fused-ring (bicyclic) bond motifs is 2. The summed E-state index contributed by atoms with van der Waals surface area (Å²) in [5.41, 5.74) is 4.21. The Balaban J connectivity index is 1.53. The van der Waals surface area contributed by atoms with E-state index in [0.717, 1.165) is 22.4 Å². The van der Waals surface area contributed by atoms with Crippen molar-refractivity contribution in [2.75, 3.05) is 22.5 Å². The van der Waals surface area contributed by atoms with E-state index in [0.29, 0.717) is 24.5 Å². The van der Waals surface area contributed by atoms with Gasteiger partial charge >= 0.3 is 6.03 Å². The molecule has 32 heavy (non-hydrogen) atoms. The molecule has 162 valence electrons. The second kappa shape index (κ2) is 7.98. The summed E-state index contributed by atoms with van der Waals surface area (Å²) in [6.45, 7) is 2.86. The number of halogens is 1. The lowest BCUT2D eigenvalue weighted by atomic mass is 10.0. The third-order valence-electron chi connectivity index (χ3n) is 5.87. The fraction of sp³-hybridized carbons (Fsp3) is 0.200. The van der Waals surface area contributed by atoms with Crippen LogP contribution in [-0.2, 0) is 16.2 Å². The number of carbonyl (C=O) groups is 2. The second-order valence-electron chi connectivity index (χ2n) is 7.98. The minimum absolute atomic E-state index is 0.112. The van der Waals surface area contributed by atoms with Crippen LogP contribution in [0.2, 0.25) is 0 Å². The fourth-order valence-electron chi connectivity index (χ4n) is 4.38. The lowest BCUT2D eigenvalue weighted by Gasteiger charge is -2.33. The highest BCUT2D eigenvalue weighted by Gasteiger charge is 2.59. The Kier molecular flexibility index (Phi) is 5.13. The Hall–Kier alpha value is -3.32. The Morgan fingerprint density at radius 3 is 2.59 bits per heavy atom. The van der Waals surface area contributed by atoms with Crippen molar-refractivity contribution in [2.24, 2.45) is 0 Å². The maximum atomic E-state index is 13.9. The Bertz CT molecular complexity index is 1190. The molecule has 1 atom stereocenters. The zero-order valence-electron chi connectivity index (χ0n) is 17.5. The molecule has 2 heterocycles. The van der Waals surface area contributed by atoms with E-state index >= 15 is 0 Å². The number of amides is 3. The van der Waals surface area contributed by atoms with Crippen LogP contribution in [-0.4, -0.2) is 29.1 Å². The van der Waals surface area contributed by atoms with Crippen LogP contribution in [0.25, 0.3) is 0 Å². The molecular formula is C25H22FN3O2S. The molecule has 3 aromatic carbocycles. The van der Waals surface area contributed by atoms with E-state index in [-0.39, 0.29) is 17.8 Å². The number of nitrogens with one attached hydrogen (secondary N) is 1. The minimum atomic E-state index is -1.11. The van der Waals surface area contributed by atoms with Gasteiger partial charge in [0, 0.05) is 23.5 Å². The van der Waals surface area contributed by atoms with E-state index < -0.39 is 4.87 Å². The monoisotopic (exact) mass is 447 g/mol. The van der Waals surface area contributed by atoms with Crippen molar-refractivity contribution >= 4 is 35.1 Å². The molecule has 0 radical (unpaired) electrons. The van der Waals surface area contributed by atoms with E-state index in [1.54, 1.807) is 9.80 Å². The number of rotatable bonds is 3. The van der Waals surface area contributed by atoms with Crippen LogP contribution in [0.5, 0.6) is 0 Å². The highest BCUT2D eigenvalue weighted by atomic mass is 32.2. The van der Waals surface area contributed by atoms with Crippen LogP contribution in [0.4, 0.5) is 20.6 Å². The first-order chi connectivity index (χ1) is 15.5. The molecule has 1 spiro atoms. The smallest absolute Gasteiger partial charge is 0.308 e. The number of benzene rings is 3. The number of urea groups is 1. The summed E-state index contributed by atoms with van der Waals surface area (Å²) in [4.78, 5) is 29.5. The Labute approximate surface area is 190 Å². The molecule has 0 aromatic heterocycles. The lowest BCUT2D eigenvalue weighted by Crippen LogP contribution is -2.51. The average molecular weight is 448 g/mol. The van der Waals surface area contributed by atoms with Gasteiger partial charge in [-0.15, -0.1) is 11.8 Å². The highest BCUT2D eigenvalue weighted by molar-refractivity contribution is 8.01. The third kappa shape index (κ3) is 3.33. The maximum absolute atomic E-state index is 13.9. The normalized spacial score (nSPS) is 19.5. The van der Waals surface area contributed by atoms with Gasteiger partial charge in [0.1, 0.15) is 5.82 Å². The molecule has 1 fully saturated rings. The van der Waals surface area contributed by atoms with Crippen LogP contribution in [0.15, 0.2) is 72.8 Å². The van der Waals surface area contributed by atoms with Gasteiger partial charge in [0.05, 0.1) is 12.2 Å². The number of thioether (sulfide) groups is 1. The van der Waals surface area contributed by atoms with Crippen molar-refractivity contribution in [1.29, 1.82) is 0 Å². The molecular weight excluding hydrogens is 425 g/mol. The van der Waals surface area contributed by atoms with Crippen LogP contribution in [0.1, 0.15) is 16.7 Å². The van der Waals surface area contributed by atoms with Gasteiger partial charge < -0.3 is 10.2 Å². The average Bonchev–Trinajstić information content (AvgIpc) is 3.33. The fourth-order valence-corrected chi connectivity index (χ4v) is 5.83. The molecule has 5 nitrogen and oxygen atoms in total. The van der Waals surface area contributed by atoms with E-state index in [2.05, 4.69) is 5.32 Å². The maximum Gasteiger partial charge on any atom is 0.323 e. The molecule has 2 aliphatic heterocycles. The first kappa shape index (κ1) is 20.6. The molecule has 5 rings (SSSR count). The van der Waals surface area contributed by atoms with Crippen LogP contribution in [0.3, 0.4) is 0 Å². The topological polar surface area (TPSA) is 52.7 Å².